The molecule has 0 amide bonds. The van der Waals surface area contributed by atoms with Crippen molar-refractivity contribution < 1.29 is 13.2 Å². The Morgan fingerprint density at radius 3 is 2.62 bits per heavy atom. The minimum atomic E-state index is -4.37. The van der Waals surface area contributed by atoms with Crippen LogP contribution in [0, 0.1) is 6.92 Å². The van der Waals surface area contributed by atoms with Gasteiger partial charge in [0.2, 0.25) is 0 Å². The molecule has 0 fully saturated rings. The summed E-state index contributed by atoms with van der Waals surface area (Å²) in [5, 5.41) is 10.2. The van der Waals surface area contributed by atoms with Crippen molar-refractivity contribution >= 4 is 22.4 Å². The molecule has 0 unspecified atom stereocenters. The highest BCUT2D eigenvalue weighted by Crippen LogP contribution is 2.32. The Morgan fingerprint density at radius 2 is 1.95 bits per heavy atom. The van der Waals surface area contributed by atoms with Gasteiger partial charge in [-0.2, -0.15) is 18.3 Å². The molecule has 0 saturated carbocycles. The third-order valence-electron chi connectivity index (χ3n) is 3.06. The largest absolute Gasteiger partial charge is 0.416 e. The van der Waals surface area contributed by atoms with E-state index in [1.54, 1.807) is 6.20 Å². The summed E-state index contributed by atoms with van der Waals surface area (Å²) in [6.45, 7) is 1.87. The van der Waals surface area contributed by atoms with Crippen molar-refractivity contribution in [3.05, 3.63) is 47.8 Å². The summed E-state index contributed by atoms with van der Waals surface area (Å²) >= 11 is 0. The van der Waals surface area contributed by atoms with Gasteiger partial charge in [0, 0.05) is 11.1 Å². The van der Waals surface area contributed by atoms with Gasteiger partial charge in [-0.1, -0.05) is 0 Å². The van der Waals surface area contributed by atoms with Gasteiger partial charge in [-0.05, 0) is 37.3 Å². The van der Waals surface area contributed by atoms with Crippen molar-refractivity contribution in [2.45, 2.75) is 13.1 Å². The predicted molar refractivity (Wildman–Crippen MR) is 73.4 cm³/mol. The quantitative estimate of drug-likeness (QED) is 0.749. The Morgan fingerprint density at radius 1 is 1.14 bits per heavy atom. The van der Waals surface area contributed by atoms with Gasteiger partial charge in [0.05, 0.1) is 23.0 Å². The molecule has 0 spiro atoms. The van der Waals surface area contributed by atoms with E-state index in [1.165, 1.54) is 6.07 Å². The summed E-state index contributed by atoms with van der Waals surface area (Å²) in [6.07, 6.45) is -2.73. The molecule has 0 aliphatic carbocycles. The number of rotatable bonds is 2. The number of nitrogens with zero attached hydrogens (tertiary/aromatic N) is 2. The maximum atomic E-state index is 12.6. The lowest BCUT2D eigenvalue weighted by Crippen LogP contribution is -2.04. The number of nitrogens with one attached hydrogen (secondary N) is 2. The van der Waals surface area contributed by atoms with Crippen molar-refractivity contribution in [1.82, 2.24) is 15.2 Å². The molecule has 0 radical (unpaired) electrons. The highest BCUT2D eigenvalue weighted by atomic mass is 19.4. The van der Waals surface area contributed by atoms with Gasteiger partial charge in [-0.3, -0.25) is 10.1 Å². The van der Waals surface area contributed by atoms with Crippen molar-refractivity contribution in [3.63, 3.8) is 0 Å². The Labute approximate surface area is 118 Å². The van der Waals surface area contributed by atoms with Crippen LogP contribution in [0.5, 0.6) is 0 Å². The van der Waals surface area contributed by atoms with Crippen LogP contribution in [0.3, 0.4) is 0 Å². The van der Waals surface area contributed by atoms with E-state index in [9.17, 15) is 13.2 Å². The first-order chi connectivity index (χ1) is 9.93. The van der Waals surface area contributed by atoms with Crippen molar-refractivity contribution in [2.24, 2.45) is 0 Å². The molecule has 1 aromatic carbocycles. The number of anilines is 2. The topological polar surface area (TPSA) is 53.6 Å². The smallest absolute Gasteiger partial charge is 0.337 e. The van der Waals surface area contributed by atoms with Gasteiger partial charge >= 0.3 is 6.18 Å². The fourth-order valence-electron chi connectivity index (χ4n) is 1.97. The lowest BCUT2D eigenvalue weighted by atomic mass is 10.1. The molecule has 3 rings (SSSR count). The predicted octanol–water partition coefficient (Wildman–Crippen LogP) is 4.03. The number of fused-ring (bicyclic) bond motifs is 1. The van der Waals surface area contributed by atoms with Gasteiger partial charge in [-0.25, -0.2) is 0 Å². The summed E-state index contributed by atoms with van der Waals surface area (Å²) in [5.41, 5.74) is 1.21. The van der Waals surface area contributed by atoms with E-state index in [4.69, 9.17) is 0 Å². The fraction of sp³-hybridized carbons (Fsp3) is 0.143. The third-order valence-corrected chi connectivity index (χ3v) is 3.06. The second-order valence-corrected chi connectivity index (χ2v) is 4.64. The molecule has 0 aliphatic rings. The monoisotopic (exact) mass is 292 g/mol. The van der Waals surface area contributed by atoms with Crippen LogP contribution in [0.1, 0.15) is 11.3 Å². The fourth-order valence-corrected chi connectivity index (χ4v) is 1.97. The maximum absolute atomic E-state index is 12.6. The van der Waals surface area contributed by atoms with Gasteiger partial charge in [0.25, 0.3) is 0 Å². The summed E-state index contributed by atoms with van der Waals surface area (Å²) < 4.78 is 37.9. The highest BCUT2D eigenvalue weighted by Gasteiger charge is 2.30. The van der Waals surface area contributed by atoms with Crippen LogP contribution in [0.15, 0.2) is 36.5 Å². The van der Waals surface area contributed by atoms with E-state index in [2.05, 4.69) is 20.5 Å². The van der Waals surface area contributed by atoms with E-state index in [1.807, 2.05) is 19.1 Å². The Bertz CT molecular complexity index is 775. The van der Waals surface area contributed by atoms with Crippen LogP contribution >= 0.6 is 0 Å². The molecule has 0 saturated heterocycles. The Kier molecular flexibility index (Phi) is 3.04. The molecule has 3 aromatic rings. The number of hydrogen-bond acceptors (Lipinski definition) is 3. The minimum absolute atomic E-state index is 0.326. The van der Waals surface area contributed by atoms with E-state index < -0.39 is 11.7 Å². The SMILES string of the molecule is Cc1ccc(Nc2n[nH]c3cc(C(F)(F)F)ccc23)cn1. The van der Waals surface area contributed by atoms with Crippen LogP contribution in [-0.2, 0) is 6.18 Å². The van der Waals surface area contributed by atoms with E-state index in [-0.39, 0.29) is 0 Å². The van der Waals surface area contributed by atoms with Crippen LogP contribution in [0.25, 0.3) is 10.9 Å². The number of pyridine rings is 1. The van der Waals surface area contributed by atoms with Crippen LogP contribution < -0.4 is 5.32 Å². The molecule has 2 heterocycles. The molecule has 21 heavy (non-hydrogen) atoms. The minimum Gasteiger partial charge on any atom is -0.337 e. The van der Waals surface area contributed by atoms with E-state index >= 15 is 0 Å². The third kappa shape index (κ3) is 2.67. The number of aromatic amines is 1. The van der Waals surface area contributed by atoms with E-state index in [0.717, 1.165) is 17.8 Å². The molecular formula is C14H11F3N4. The molecule has 7 heteroatoms. The average molecular weight is 292 g/mol. The first kappa shape index (κ1) is 13.4. The standard InChI is InChI=1S/C14H11F3N4/c1-8-2-4-10(7-18-8)19-13-11-5-3-9(14(15,16)17)6-12(11)20-21-13/h2-7H,1H3,(H2,19,20,21). The normalized spacial score (nSPS) is 11.8. The Hall–Kier alpha value is -2.57. The highest BCUT2D eigenvalue weighted by molar-refractivity contribution is 5.91. The van der Waals surface area contributed by atoms with Gasteiger partial charge in [0.1, 0.15) is 0 Å². The molecule has 0 aliphatic heterocycles. The zero-order valence-corrected chi connectivity index (χ0v) is 11.0. The Balaban J connectivity index is 1.95. The lowest BCUT2D eigenvalue weighted by Gasteiger charge is -2.06. The van der Waals surface area contributed by atoms with Gasteiger partial charge in [-0.15, -0.1) is 0 Å². The zero-order valence-electron chi connectivity index (χ0n) is 11.0. The molecule has 2 N–H and O–H groups in total. The van der Waals surface area contributed by atoms with E-state index in [0.29, 0.717) is 22.4 Å². The van der Waals surface area contributed by atoms with Crippen molar-refractivity contribution in [1.29, 1.82) is 0 Å². The molecule has 0 bridgehead atoms. The number of hydrogen-bond donors (Lipinski definition) is 2. The number of halogens is 3. The van der Waals surface area contributed by atoms with Crippen molar-refractivity contribution in [3.8, 4) is 0 Å². The molecular weight excluding hydrogens is 281 g/mol. The average Bonchev–Trinajstić information content (AvgIpc) is 2.83. The number of aryl methyl sites for hydroxylation is 1. The number of benzene rings is 1. The van der Waals surface area contributed by atoms with Crippen LogP contribution in [-0.4, -0.2) is 15.2 Å². The molecule has 2 aromatic heterocycles. The second kappa shape index (κ2) is 4.76. The van der Waals surface area contributed by atoms with Crippen LogP contribution in [0.2, 0.25) is 0 Å². The summed E-state index contributed by atoms with van der Waals surface area (Å²) in [5.74, 6) is 0.462. The molecule has 0 atom stereocenters. The van der Waals surface area contributed by atoms with Gasteiger partial charge in [0.15, 0.2) is 5.82 Å². The summed E-state index contributed by atoms with van der Waals surface area (Å²) in [4.78, 5) is 4.14. The molecule has 108 valence electrons. The first-order valence-electron chi connectivity index (χ1n) is 6.18. The van der Waals surface area contributed by atoms with Crippen molar-refractivity contribution in [2.75, 3.05) is 5.32 Å². The number of alkyl halides is 3. The van der Waals surface area contributed by atoms with Gasteiger partial charge < -0.3 is 5.32 Å². The summed E-state index contributed by atoms with van der Waals surface area (Å²) in [6, 6.07) is 7.13. The second-order valence-electron chi connectivity index (χ2n) is 4.64. The number of H-pyrrole nitrogens is 1. The number of aromatic nitrogens is 3. The van der Waals surface area contributed by atoms with Crippen LogP contribution in [0.4, 0.5) is 24.7 Å². The zero-order chi connectivity index (χ0) is 15.0. The molecule has 4 nitrogen and oxygen atoms in total. The summed E-state index contributed by atoms with van der Waals surface area (Å²) in [7, 11) is 0. The maximum Gasteiger partial charge on any atom is 0.416 e. The lowest BCUT2D eigenvalue weighted by molar-refractivity contribution is -0.137. The first-order valence-corrected chi connectivity index (χ1v) is 6.18.